The summed E-state index contributed by atoms with van der Waals surface area (Å²) in [7, 11) is 0. The van der Waals surface area contributed by atoms with E-state index in [1.807, 2.05) is 0 Å². The molecule has 14 aromatic rings. The molecule has 0 radical (unpaired) electrons. The quantitative estimate of drug-likeness (QED) is 0.133. The SMILES string of the molecule is CC(C)(C)c1cccc(-c2ccc3c(c2)N(c2ccc(-c4ccc5c(c4)C(C)(C)CCC5(C)C)cc2)c2cc(-n4c5ccc(-c6ccccc6)cc5c5cc(-c6ccccc6)ccc54)cc4c2B3c2ccc(-c3cccc(C(C)(C)C)c3)cc2N4c2ccc(-c3ccc4c(c3)C(C)(C)CCC4(C)C)cc2)c1. The second-order valence-electron chi connectivity index (χ2n) is 35.9. The highest BCUT2D eigenvalue weighted by Gasteiger charge is 2.45. The van der Waals surface area contributed by atoms with Crippen LogP contribution in [0, 0.1) is 0 Å². The molecule has 0 atom stereocenters. The van der Waals surface area contributed by atoms with Crippen LogP contribution in [0.3, 0.4) is 0 Å². The molecule has 1 aromatic heterocycles. The first-order valence-electron chi connectivity index (χ1n) is 38.7. The standard InChI is InChI=1S/C102H96BN3/c1-97(2,3)77-29-21-27-69(55-77)75-37-47-88-92(61-75)104(79-41-31-67(32-42-79)73-35-45-84-86(59-73)101(11,12)53-51-99(84,7)8)94-63-81(106-90-49-39-71(65-23-17-15-18-24-65)57-82(90)83-58-72(40-50-91(83)106)66-25-19-16-20-26-66)64-95-96(94)103(88)89-48-38-76(70-28-22-30-78(56-70)98(4,5)6)62-93(89)105(95)80-43-33-68(34-44-80)74-36-46-85-87(60-74)102(13,14)54-52-100(85,9)10/h15-50,55-64H,51-54H2,1-14H3. The van der Waals surface area contributed by atoms with Crippen LogP contribution in [0.4, 0.5) is 34.1 Å². The van der Waals surface area contributed by atoms with Crippen molar-refractivity contribution < 1.29 is 0 Å². The summed E-state index contributed by atoms with van der Waals surface area (Å²) in [5.74, 6) is 0. The molecule has 2 aliphatic heterocycles. The average molecular weight is 1370 g/mol. The topological polar surface area (TPSA) is 11.4 Å². The predicted molar refractivity (Wildman–Crippen MR) is 455 cm³/mol. The number of fused-ring (bicyclic) bond motifs is 9. The Kier molecular flexibility index (Phi) is 15.5. The third-order valence-electron chi connectivity index (χ3n) is 25.0. The van der Waals surface area contributed by atoms with Crippen molar-refractivity contribution in [2.24, 2.45) is 0 Å². The molecule has 4 aliphatic rings. The summed E-state index contributed by atoms with van der Waals surface area (Å²) >= 11 is 0. The Balaban J connectivity index is 0.924. The summed E-state index contributed by atoms with van der Waals surface area (Å²) in [5, 5.41) is 2.42. The number of aromatic nitrogens is 1. The number of rotatable bonds is 9. The molecule has 2 aliphatic carbocycles. The van der Waals surface area contributed by atoms with Crippen LogP contribution in [0.25, 0.3) is 94.3 Å². The van der Waals surface area contributed by atoms with Gasteiger partial charge in [0, 0.05) is 44.9 Å². The van der Waals surface area contributed by atoms with Crippen LogP contribution in [0.5, 0.6) is 0 Å². The van der Waals surface area contributed by atoms with Gasteiger partial charge in [0.25, 0.3) is 6.71 Å². The summed E-state index contributed by atoms with van der Waals surface area (Å²) in [6.07, 6.45) is 4.71. The van der Waals surface area contributed by atoms with Crippen molar-refractivity contribution in [2.45, 2.75) is 155 Å². The minimum Gasteiger partial charge on any atom is -0.311 e. The number of hydrogen-bond acceptors (Lipinski definition) is 2. The van der Waals surface area contributed by atoms with Gasteiger partial charge in [0.15, 0.2) is 0 Å². The predicted octanol–water partition coefficient (Wildman–Crippen LogP) is 26.2. The molecule has 0 fully saturated rings. The molecule has 0 bridgehead atoms. The lowest BCUT2D eigenvalue weighted by Gasteiger charge is -2.45. The molecule has 18 rings (SSSR count). The lowest BCUT2D eigenvalue weighted by atomic mass is 9.33. The molecule has 0 N–H and O–H groups in total. The fourth-order valence-electron chi connectivity index (χ4n) is 18.4. The van der Waals surface area contributed by atoms with Gasteiger partial charge in [0.05, 0.1) is 16.7 Å². The van der Waals surface area contributed by atoms with E-state index in [-0.39, 0.29) is 39.2 Å². The molecule has 0 amide bonds. The Morgan fingerprint density at radius 3 is 0.981 bits per heavy atom. The van der Waals surface area contributed by atoms with Crippen LogP contribution in [-0.2, 0) is 32.5 Å². The first kappa shape index (κ1) is 67.2. The summed E-state index contributed by atoms with van der Waals surface area (Å²) in [6, 6.07) is 108. The van der Waals surface area contributed by atoms with Crippen LogP contribution in [-0.4, -0.2) is 11.3 Å². The molecule has 0 saturated carbocycles. The van der Waals surface area contributed by atoms with Crippen molar-refractivity contribution in [2.75, 3.05) is 9.80 Å². The van der Waals surface area contributed by atoms with E-state index in [0.29, 0.717) is 0 Å². The Bertz CT molecular complexity index is 5500. The molecule has 3 nitrogen and oxygen atoms in total. The maximum absolute atomic E-state index is 2.64. The third kappa shape index (κ3) is 11.3. The molecule has 0 spiro atoms. The molecule has 3 heterocycles. The van der Waals surface area contributed by atoms with Gasteiger partial charge in [-0.05, 0) is 248 Å². The smallest absolute Gasteiger partial charge is 0.252 e. The second kappa shape index (κ2) is 24.4. The summed E-state index contributed by atoms with van der Waals surface area (Å²) in [6.45, 7) is 33.3. The average Bonchev–Trinajstić information content (AvgIpc) is 0.811. The van der Waals surface area contributed by atoms with Crippen LogP contribution in [0.2, 0.25) is 0 Å². The summed E-state index contributed by atoms with van der Waals surface area (Å²) in [5.41, 5.74) is 37.5. The van der Waals surface area contributed by atoms with E-state index in [1.165, 1.54) is 164 Å². The fraction of sp³-hybridized carbons (Fsp3) is 0.235. The van der Waals surface area contributed by atoms with Gasteiger partial charge in [-0.15, -0.1) is 0 Å². The lowest BCUT2D eigenvalue weighted by Crippen LogP contribution is -2.61. The van der Waals surface area contributed by atoms with Gasteiger partial charge < -0.3 is 14.4 Å². The maximum atomic E-state index is 2.64. The zero-order valence-corrected chi connectivity index (χ0v) is 64.3. The van der Waals surface area contributed by atoms with Crippen molar-refractivity contribution in [3.05, 3.63) is 312 Å². The van der Waals surface area contributed by atoms with E-state index in [0.717, 1.165) is 39.5 Å². The minimum atomic E-state index is -0.147. The van der Waals surface area contributed by atoms with Gasteiger partial charge in [-0.2, -0.15) is 0 Å². The van der Waals surface area contributed by atoms with Crippen molar-refractivity contribution in [3.8, 4) is 72.4 Å². The number of benzene rings is 13. The first-order chi connectivity index (χ1) is 50.7. The fourth-order valence-corrected chi connectivity index (χ4v) is 18.4. The molecule has 106 heavy (non-hydrogen) atoms. The van der Waals surface area contributed by atoms with Gasteiger partial charge in [-0.3, -0.25) is 0 Å². The molecule has 0 unspecified atom stereocenters. The summed E-state index contributed by atoms with van der Waals surface area (Å²) in [4.78, 5) is 5.28. The highest BCUT2D eigenvalue weighted by atomic mass is 15.2. The van der Waals surface area contributed by atoms with Crippen molar-refractivity contribution in [3.63, 3.8) is 0 Å². The van der Waals surface area contributed by atoms with E-state index in [9.17, 15) is 0 Å². The van der Waals surface area contributed by atoms with Crippen molar-refractivity contribution in [1.82, 2.24) is 4.57 Å². The third-order valence-corrected chi connectivity index (χ3v) is 25.0. The van der Waals surface area contributed by atoms with E-state index < -0.39 is 0 Å². The van der Waals surface area contributed by atoms with Crippen LogP contribution in [0.1, 0.15) is 156 Å². The Morgan fingerprint density at radius 2 is 0.585 bits per heavy atom. The van der Waals surface area contributed by atoms with Crippen LogP contribution >= 0.6 is 0 Å². The van der Waals surface area contributed by atoms with E-state index in [1.54, 1.807) is 0 Å². The zero-order valence-electron chi connectivity index (χ0n) is 64.3. The van der Waals surface area contributed by atoms with E-state index in [4.69, 9.17) is 0 Å². The van der Waals surface area contributed by atoms with Crippen LogP contribution in [0.15, 0.2) is 279 Å². The molecule has 4 heteroatoms. The number of anilines is 6. The molecule has 0 saturated heterocycles. The monoisotopic (exact) mass is 1370 g/mol. The van der Waals surface area contributed by atoms with Gasteiger partial charge in [-0.25, -0.2) is 0 Å². The Hall–Kier alpha value is -10.7. The first-order valence-corrected chi connectivity index (χ1v) is 38.7. The zero-order chi connectivity index (χ0) is 73.1. The second-order valence-corrected chi connectivity index (χ2v) is 35.9. The molecular formula is C102H96BN3. The Labute approximate surface area is 629 Å². The van der Waals surface area contributed by atoms with E-state index >= 15 is 0 Å². The van der Waals surface area contributed by atoms with Gasteiger partial charge in [0.2, 0.25) is 0 Å². The highest BCUT2D eigenvalue weighted by Crippen LogP contribution is 2.52. The van der Waals surface area contributed by atoms with Gasteiger partial charge >= 0.3 is 0 Å². The van der Waals surface area contributed by atoms with Crippen molar-refractivity contribution >= 4 is 79.0 Å². The van der Waals surface area contributed by atoms with Gasteiger partial charge in [0.1, 0.15) is 0 Å². The summed E-state index contributed by atoms with van der Waals surface area (Å²) < 4.78 is 2.58. The molecule has 522 valence electrons. The molecular weight excluding hydrogens is 1280 g/mol. The van der Waals surface area contributed by atoms with Gasteiger partial charge in [-0.1, -0.05) is 303 Å². The minimum absolute atomic E-state index is 0.0343. The van der Waals surface area contributed by atoms with Crippen molar-refractivity contribution in [1.29, 1.82) is 0 Å². The lowest BCUT2D eigenvalue weighted by molar-refractivity contribution is 0.332. The number of nitrogens with zero attached hydrogens (tertiary/aromatic N) is 3. The largest absolute Gasteiger partial charge is 0.311 e. The number of hydrogen-bond donors (Lipinski definition) is 0. The maximum Gasteiger partial charge on any atom is 0.252 e. The van der Waals surface area contributed by atoms with E-state index in [2.05, 4.69) is 390 Å². The normalized spacial score (nSPS) is 15.9. The van der Waals surface area contributed by atoms with Crippen LogP contribution < -0.4 is 26.2 Å². The molecule has 13 aromatic carbocycles. The highest BCUT2D eigenvalue weighted by molar-refractivity contribution is 7.00. The Morgan fingerprint density at radius 1 is 0.264 bits per heavy atom.